The topological polar surface area (TPSA) is 71.3 Å². The van der Waals surface area contributed by atoms with E-state index in [2.05, 4.69) is 20.7 Å². The normalized spacial score (nSPS) is 10.8. The quantitative estimate of drug-likeness (QED) is 0.464. The summed E-state index contributed by atoms with van der Waals surface area (Å²) in [4.78, 5) is 16.5. The standard InChI is InChI=1S/C19H12Cl2FN5O/c20-12-2-1-3-13(9-12)23-19(28)24-14-5-7-17-25-18(26-27(17)10-14)11-4-6-16(22)15(21)8-11/h1-10H,(H2,23,24,28). The summed E-state index contributed by atoms with van der Waals surface area (Å²) in [6.45, 7) is 0. The van der Waals surface area contributed by atoms with Gasteiger partial charge in [0, 0.05) is 16.3 Å². The molecule has 2 amide bonds. The fourth-order valence-corrected chi connectivity index (χ4v) is 2.95. The summed E-state index contributed by atoms with van der Waals surface area (Å²) >= 11 is 11.7. The van der Waals surface area contributed by atoms with E-state index >= 15 is 0 Å². The molecule has 2 N–H and O–H groups in total. The van der Waals surface area contributed by atoms with Gasteiger partial charge in [-0.3, -0.25) is 0 Å². The van der Waals surface area contributed by atoms with Gasteiger partial charge in [0.25, 0.3) is 0 Å². The largest absolute Gasteiger partial charge is 0.323 e. The molecule has 0 spiro atoms. The summed E-state index contributed by atoms with van der Waals surface area (Å²) in [6.07, 6.45) is 1.62. The third kappa shape index (κ3) is 3.90. The summed E-state index contributed by atoms with van der Waals surface area (Å²) in [5.41, 5.74) is 2.24. The molecule has 0 aliphatic rings. The summed E-state index contributed by atoms with van der Waals surface area (Å²) in [5.74, 6) is -0.117. The number of carbonyl (C=O) groups is 1. The molecule has 2 heterocycles. The number of benzene rings is 2. The number of rotatable bonds is 3. The van der Waals surface area contributed by atoms with Crippen LogP contribution in [-0.2, 0) is 0 Å². The van der Waals surface area contributed by atoms with Crippen LogP contribution in [0, 0.1) is 5.82 Å². The van der Waals surface area contributed by atoms with Crippen LogP contribution in [0.15, 0.2) is 60.8 Å². The van der Waals surface area contributed by atoms with Crippen molar-refractivity contribution in [2.45, 2.75) is 0 Å². The molecule has 9 heteroatoms. The van der Waals surface area contributed by atoms with Crippen molar-refractivity contribution in [1.82, 2.24) is 14.6 Å². The number of fused-ring (bicyclic) bond motifs is 1. The highest BCUT2D eigenvalue weighted by molar-refractivity contribution is 6.31. The molecular weight excluding hydrogens is 404 g/mol. The highest BCUT2D eigenvalue weighted by Gasteiger charge is 2.10. The average Bonchev–Trinajstić information content (AvgIpc) is 3.07. The lowest BCUT2D eigenvalue weighted by atomic mass is 10.2. The van der Waals surface area contributed by atoms with Crippen LogP contribution in [0.25, 0.3) is 17.0 Å². The third-order valence-electron chi connectivity index (χ3n) is 3.85. The Morgan fingerprint density at radius 2 is 1.82 bits per heavy atom. The average molecular weight is 416 g/mol. The van der Waals surface area contributed by atoms with E-state index in [1.54, 1.807) is 48.7 Å². The first-order valence-electron chi connectivity index (χ1n) is 8.13. The summed E-state index contributed by atoms with van der Waals surface area (Å²) in [6, 6.07) is 14.1. The van der Waals surface area contributed by atoms with Gasteiger partial charge in [0.15, 0.2) is 11.5 Å². The Balaban J connectivity index is 1.54. The molecule has 0 atom stereocenters. The molecule has 140 valence electrons. The SMILES string of the molecule is O=C(Nc1cccc(Cl)c1)Nc1ccc2nc(-c3ccc(F)c(Cl)c3)nn2c1. The number of nitrogens with zero attached hydrogens (tertiary/aromatic N) is 3. The molecule has 0 fully saturated rings. The maximum absolute atomic E-state index is 13.3. The molecule has 0 saturated heterocycles. The van der Waals surface area contributed by atoms with Crippen LogP contribution in [0.4, 0.5) is 20.6 Å². The van der Waals surface area contributed by atoms with Crippen LogP contribution in [0.1, 0.15) is 0 Å². The first-order chi connectivity index (χ1) is 13.5. The number of aromatic nitrogens is 3. The summed E-state index contributed by atoms with van der Waals surface area (Å²) in [5, 5.41) is 10.3. The van der Waals surface area contributed by atoms with Crippen LogP contribution in [-0.4, -0.2) is 20.6 Å². The minimum Gasteiger partial charge on any atom is -0.308 e. The number of amides is 2. The number of halogens is 3. The van der Waals surface area contributed by atoms with Crippen molar-refractivity contribution < 1.29 is 9.18 Å². The smallest absolute Gasteiger partial charge is 0.308 e. The molecular formula is C19H12Cl2FN5O. The second kappa shape index (κ2) is 7.46. The van der Waals surface area contributed by atoms with Gasteiger partial charge < -0.3 is 10.6 Å². The molecule has 0 bridgehead atoms. The fraction of sp³-hybridized carbons (Fsp3) is 0. The van der Waals surface area contributed by atoms with Crippen LogP contribution >= 0.6 is 23.2 Å². The Morgan fingerprint density at radius 1 is 1.00 bits per heavy atom. The molecule has 6 nitrogen and oxygen atoms in total. The van der Waals surface area contributed by atoms with E-state index < -0.39 is 11.8 Å². The van der Waals surface area contributed by atoms with Gasteiger partial charge in [-0.05, 0) is 48.5 Å². The zero-order chi connectivity index (χ0) is 19.7. The van der Waals surface area contributed by atoms with Gasteiger partial charge in [0.1, 0.15) is 5.82 Å². The number of carbonyl (C=O) groups excluding carboxylic acids is 1. The molecule has 0 radical (unpaired) electrons. The van der Waals surface area contributed by atoms with Crippen LogP contribution in [0.2, 0.25) is 10.0 Å². The lowest BCUT2D eigenvalue weighted by Gasteiger charge is -2.07. The van der Waals surface area contributed by atoms with Crippen molar-refractivity contribution in [3.8, 4) is 11.4 Å². The van der Waals surface area contributed by atoms with Crippen LogP contribution in [0.5, 0.6) is 0 Å². The second-order valence-corrected chi connectivity index (χ2v) is 6.72. The van der Waals surface area contributed by atoms with E-state index in [-0.39, 0.29) is 5.02 Å². The highest BCUT2D eigenvalue weighted by atomic mass is 35.5. The van der Waals surface area contributed by atoms with Crippen molar-refractivity contribution in [3.05, 3.63) is 76.7 Å². The Labute approximate surface area is 168 Å². The lowest BCUT2D eigenvalue weighted by Crippen LogP contribution is -2.19. The van der Waals surface area contributed by atoms with Gasteiger partial charge in [0.05, 0.1) is 16.9 Å². The van der Waals surface area contributed by atoms with Crippen molar-refractivity contribution in [2.75, 3.05) is 10.6 Å². The molecule has 2 aromatic carbocycles. The summed E-state index contributed by atoms with van der Waals surface area (Å²) < 4.78 is 14.9. The number of hydrogen-bond acceptors (Lipinski definition) is 3. The van der Waals surface area contributed by atoms with E-state index in [0.29, 0.717) is 33.4 Å². The zero-order valence-electron chi connectivity index (χ0n) is 14.2. The first kappa shape index (κ1) is 18.2. The van der Waals surface area contributed by atoms with E-state index in [1.165, 1.54) is 16.6 Å². The maximum atomic E-state index is 13.3. The monoisotopic (exact) mass is 415 g/mol. The minimum atomic E-state index is -0.508. The number of pyridine rings is 1. The van der Waals surface area contributed by atoms with Crippen molar-refractivity contribution in [3.63, 3.8) is 0 Å². The Bertz CT molecular complexity index is 1190. The van der Waals surface area contributed by atoms with E-state index in [1.807, 2.05) is 0 Å². The Hall–Kier alpha value is -3.16. The number of hydrogen-bond donors (Lipinski definition) is 2. The van der Waals surface area contributed by atoms with E-state index in [0.717, 1.165) is 0 Å². The van der Waals surface area contributed by atoms with Gasteiger partial charge in [-0.15, -0.1) is 5.10 Å². The predicted octanol–water partition coefficient (Wildman–Crippen LogP) is 5.49. The molecule has 0 unspecified atom stereocenters. The van der Waals surface area contributed by atoms with Gasteiger partial charge in [-0.1, -0.05) is 29.3 Å². The molecule has 2 aromatic heterocycles. The van der Waals surface area contributed by atoms with Gasteiger partial charge in [-0.25, -0.2) is 18.7 Å². The van der Waals surface area contributed by atoms with E-state index in [4.69, 9.17) is 23.2 Å². The van der Waals surface area contributed by atoms with Crippen LogP contribution in [0.3, 0.4) is 0 Å². The molecule has 0 aliphatic heterocycles. The second-order valence-electron chi connectivity index (χ2n) is 5.87. The number of urea groups is 1. The van der Waals surface area contributed by atoms with Gasteiger partial charge >= 0.3 is 6.03 Å². The maximum Gasteiger partial charge on any atom is 0.323 e. The van der Waals surface area contributed by atoms with Gasteiger partial charge in [0.2, 0.25) is 0 Å². The Kier molecular flexibility index (Phi) is 4.85. The van der Waals surface area contributed by atoms with Crippen molar-refractivity contribution in [1.29, 1.82) is 0 Å². The van der Waals surface area contributed by atoms with Crippen molar-refractivity contribution in [2.24, 2.45) is 0 Å². The minimum absolute atomic E-state index is 0.00333. The van der Waals surface area contributed by atoms with E-state index in [9.17, 15) is 9.18 Å². The van der Waals surface area contributed by atoms with Crippen LogP contribution < -0.4 is 10.6 Å². The molecule has 4 aromatic rings. The molecule has 0 saturated carbocycles. The third-order valence-corrected chi connectivity index (χ3v) is 4.37. The number of nitrogens with one attached hydrogen (secondary N) is 2. The lowest BCUT2D eigenvalue weighted by molar-refractivity contribution is 0.262. The molecule has 28 heavy (non-hydrogen) atoms. The summed E-state index contributed by atoms with van der Waals surface area (Å²) in [7, 11) is 0. The first-order valence-corrected chi connectivity index (χ1v) is 8.89. The zero-order valence-corrected chi connectivity index (χ0v) is 15.7. The predicted molar refractivity (Wildman–Crippen MR) is 107 cm³/mol. The number of anilines is 2. The molecule has 4 rings (SSSR count). The van der Waals surface area contributed by atoms with Crippen molar-refractivity contribution >= 4 is 46.3 Å². The fourth-order valence-electron chi connectivity index (χ4n) is 2.57. The molecule has 0 aliphatic carbocycles. The highest BCUT2D eigenvalue weighted by Crippen LogP contribution is 2.23. The van der Waals surface area contributed by atoms with Gasteiger partial charge in [-0.2, -0.15) is 0 Å². The Morgan fingerprint density at radius 3 is 2.61 bits per heavy atom.